The first-order chi connectivity index (χ1) is 6.55. The van der Waals surface area contributed by atoms with Crippen LogP contribution in [0, 0.1) is 0 Å². The summed E-state index contributed by atoms with van der Waals surface area (Å²) in [5.74, 6) is -1.29. The SMILES string of the molecule is COC1(OC)CCN(C(=O)O)CC1F. The lowest BCUT2D eigenvalue weighted by molar-refractivity contribution is -0.260. The van der Waals surface area contributed by atoms with E-state index in [1.165, 1.54) is 14.2 Å². The third kappa shape index (κ3) is 1.80. The fourth-order valence-electron chi connectivity index (χ4n) is 1.59. The van der Waals surface area contributed by atoms with Gasteiger partial charge in [0.15, 0.2) is 6.17 Å². The fourth-order valence-corrected chi connectivity index (χ4v) is 1.59. The molecule has 1 saturated heterocycles. The Morgan fingerprint density at radius 2 is 2.14 bits per heavy atom. The molecule has 5 nitrogen and oxygen atoms in total. The quantitative estimate of drug-likeness (QED) is 0.677. The number of ether oxygens (including phenoxy) is 2. The summed E-state index contributed by atoms with van der Waals surface area (Å²) < 4.78 is 23.5. The summed E-state index contributed by atoms with van der Waals surface area (Å²) in [7, 11) is 2.71. The van der Waals surface area contributed by atoms with Crippen LogP contribution in [0.5, 0.6) is 0 Å². The van der Waals surface area contributed by atoms with Gasteiger partial charge in [0.1, 0.15) is 0 Å². The van der Waals surface area contributed by atoms with Crippen molar-refractivity contribution in [1.82, 2.24) is 4.90 Å². The number of carbonyl (C=O) groups is 1. The first kappa shape index (κ1) is 11.2. The Bertz CT molecular complexity index is 219. The maximum absolute atomic E-state index is 13.6. The molecule has 1 amide bonds. The minimum atomic E-state index is -1.46. The molecule has 1 fully saturated rings. The first-order valence-corrected chi connectivity index (χ1v) is 4.28. The zero-order valence-electron chi connectivity index (χ0n) is 8.20. The number of methoxy groups -OCH3 is 2. The van der Waals surface area contributed by atoms with Gasteiger partial charge in [-0.2, -0.15) is 0 Å². The monoisotopic (exact) mass is 207 g/mol. The third-order valence-electron chi connectivity index (χ3n) is 2.55. The van der Waals surface area contributed by atoms with Crippen LogP contribution in [0.4, 0.5) is 9.18 Å². The summed E-state index contributed by atoms with van der Waals surface area (Å²) in [6.07, 6.45) is -2.37. The number of hydrogen-bond acceptors (Lipinski definition) is 3. The molecule has 14 heavy (non-hydrogen) atoms. The van der Waals surface area contributed by atoms with Crippen molar-refractivity contribution >= 4 is 6.09 Å². The predicted octanol–water partition coefficient (Wildman–Crippen LogP) is 0.697. The lowest BCUT2D eigenvalue weighted by Crippen LogP contribution is -2.56. The number of nitrogens with zero attached hydrogens (tertiary/aromatic N) is 1. The van der Waals surface area contributed by atoms with Crippen LogP contribution < -0.4 is 0 Å². The molecule has 1 atom stereocenters. The molecule has 0 radical (unpaired) electrons. The number of halogens is 1. The summed E-state index contributed by atoms with van der Waals surface area (Å²) in [5.41, 5.74) is 0. The number of carboxylic acid groups (broad SMARTS) is 1. The topological polar surface area (TPSA) is 59.0 Å². The zero-order chi connectivity index (χ0) is 10.8. The molecule has 0 aromatic rings. The van der Waals surface area contributed by atoms with Gasteiger partial charge in [0.05, 0.1) is 6.54 Å². The molecule has 1 unspecified atom stereocenters. The summed E-state index contributed by atoms with van der Waals surface area (Å²) in [5, 5.41) is 8.65. The molecule has 0 aromatic heterocycles. The van der Waals surface area contributed by atoms with Crippen LogP contribution in [0.15, 0.2) is 0 Å². The maximum Gasteiger partial charge on any atom is 0.407 e. The van der Waals surface area contributed by atoms with Crippen molar-refractivity contribution in [1.29, 1.82) is 0 Å². The van der Waals surface area contributed by atoms with Crippen molar-refractivity contribution in [3.8, 4) is 0 Å². The van der Waals surface area contributed by atoms with E-state index in [0.717, 1.165) is 4.90 Å². The molecule has 1 aliphatic heterocycles. The van der Waals surface area contributed by atoms with Gasteiger partial charge in [0.25, 0.3) is 0 Å². The van der Waals surface area contributed by atoms with E-state index in [0.29, 0.717) is 0 Å². The Morgan fingerprint density at radius 1 is 1.57 bits per heavy atom. The van der Waals surface area contributed by atoms with E-state index in [9.17, 15) is 9.18 Å². The van der Waals surface area contributed by atoms with Crippen LogP contribution in [0.25, 0.3) is 0 Å². The molecule has 0 saturated carbocycles. The van der Waals surface area contributed by atoms with Crippen molar-refractivity contribution in [2.75, 3.05) is 27.3 Å². The van der Waals surface area contributed by atoms with Crippen LogP contribution >= 0.6 is 0 Å². The number of piperidine rings is 1. The fraction of sp³-hybridized carbons (Fsp3) is 0.875. The van der Waals surface area contributed by atoms with Crippen LogP contribution in [-0.4, -0.2) is 55.4 Å². The molecule has 82 valence electrons. The van der Waals surface area contributed by atoms with E-state index in [1.54, 1.807) is 0 Å². The number of amides is 1. The van der Waals surface area contributed by atoms with Crippen molar-refractivity contribution in [2.45, 2.75) is 18.4 Å². The Morgan fingerprint density at radius 3 is 2.50 bits per heavy atom. The molecular formula is C8H14FNO4. The van der Waals surface area contributed by atoms with Gasteiger partial charge in [-0.25, -0.2) is 9.18 Å². The molecule has 1 N–H and O–H groups in total. The van der Waals surface area contributed by atoms with Crippen LogP contribution in [0.1, 0.15) is 6.42 Å². The van der Waals surface area contributed by atoms with Crippen LogP contribution in [0.3, 0.4) is 0 Å². The van der Waals surface area contributed by atoms with E-state index in [2.05, 4.69) is 0 Å². The smallest absolute Gasteiger partial charge is 0.407 e. The molecule has 6 heteroatoms. The Kier molecular flexibility index (Phi) is 3.28. The molecule has 0 bridgehead atoms. The summed E-state index contributed by atoms with van der Waals surface area (Å²) in [4.78, 5) is 11.6. The van der Waals surface area contributed by atoms with Gasteiger partial charge in [0, 0.05) is 27.2 Å². The van der Waals surface area contributed by atoms with E-state index in [-0.39, 0.29) is 19.5 Å². The van der Waals surface area contributed by atoms with Gasteiger partial charge in [-0.15, -0.1) is 0 Å². The second-order valence-corrected chi connectivity index (χ2v) is 3.17. The van der Waals surface area contributed by atoms with Crippen molar-refractivity contribution in [3.63, 3.8) is 0 Å². The minimum absolute atomic E-state index is 0.202. The van der Waals surface area contributed by atoms with Crippen LogP contribution in [-0.2, 0) is 9.47 Å². The Hall–Kier alpha value is -0.880. The van der Waals surface area contributed by atoms with Crippen molar-refractivity contribution in [3.05, 3.63) is 0 Å². The Labute approximate surface area is 81.4 Å². The van der Waals surface area contributed by atoms with Gasteiger partial charge in [-0.05, 0) is 0 Å². The van der Waals surface area contributed by atoms with Gasteiger partial charge >= 0.3 is 6.09 Å². The van der Waals surface area contributed by atoms with Crippen molar-refractivity contribution < 1.29 is 23.8 Å². The highest BCUT2D eigenvalue weighted by Crippen LogP contribution is 2.29. The highest BCUT2D eigenvalue weighted by atomic mass is 19.1. The standard InChI is InChI=1S/C8H14FNO4/c1-13-8(14-2)3-4-10(7(11)12)5-6(8)9/h6H,3-5H2,1-2H3,(H,11,12). The lowest BCUT2D eigenvalue weighted by atomic mass is 10.0. The van der Waals surface area contributed by atoms with E-state index in [4.69, 9.17) is 14.6 Å². The largest absolute Gasteiger partial charge is 0.465 e. The molecule has 1 heterocycles. The maximum atomic E-state index is 13.6. The molecule has 1 rings (SSSR count). The summed E-state index contributed by atoms with van der Waals surface area (Å²) in [6, 6.07) is 0. The number of likely N-dealkylation sites (tertiary alicyclic amines) is 1. The predicted molar refractivity (Wildman–Crippen MR) is 45.9 cm³/mol. The normalized spacial score (nSPS) is 26.2. The van der Waals surface area contributed by atoms with Gasteiger partial charge in [-0.1, -0.05) is 0 Å². The number of hydrogen-bond donors (Lipinski definition) is 1. The van der Waals surface area contributed by atoms with E-state index < -0.39 is 18.1 Å². The second-order valence-electron chi connectivity index (χ2n) is 3.17. The highest BCUT2D eigenvalue weighted by molar-refractivity contribution is 5.65. The zero-order valence-corrected chi connectivity index (χ0v) is 8.20. The molecule has 0 aromatic carbocycles. The molecular weight excluding hydrogens is 193 g/mol. The summed E-state index contributed by atoms with van der Waals surface area (Å²) in [6.45, 7) is 0.00838. The minimum Gasteiger partial charge on any atom is -0.465 e. The molecule has 0 aliphatic carbocycles. The highest BCUT2D eigenvalue weighted by Gasteiger charge is 2.45. The Balaban J connectivity index is 2.67. The molecule has 0 spiro atoms. The third-order valence-corrected chi connectivity index (χ3v) is 2.55. The van der Waals surface area contributed by atoms with E-state index in [1.807, 2.05) is 0 Å². The van der Waals surface area contributed by atoms with Crippen LogP contribution in [0.2, 0.25) is 0 Å². The summed E-state index contributed by atoms with van der Waals surface area (Å²) >= 11 is 0. The average molecular weight is 207 g/mol. The van der Waals surface area contributed by atoms with Crippen molar-refractivity contribution in [2.24, 2.45) is 0 Å². The molecule has 1 aliphatic rings. The first-order valence-electron chi connectivity index (χ1n) is 4.28. The van der Waals surface area contributed by atoms with Gasteiger partial charge < -0.3 is 19.5 Å². The number of alkyl halides is 1. The van der Waals surface area contributed by atoms with E-state index >= 15 is 0 Å². The number of rotatable bonds is 2. The van der Waals surface area contributed by atoms with Gasteiger partial charge in [-0.3, -0.25) is 0 Å². The second kappa shape index (κ2) is 4.10. The van der Waals surface area contributed by atoms with Gasteiger partial charge in [0.2, 0.25) is 5.79 Å². The average Bonchev–Trinajstić information content (AvgIpc) is 2.18. The lowest BCUT2D eigenvalue weighted by Gasteiger charge is -2.40.